The number of benzene rings is 2. The molecule has 8 heteroatoms. The number of hydrogen-bond acceptors (Lipinski definition) is 6. The Kier molecular flexibility index (Phi) is 5.75. The molecular weight excluding hydrogens is 431 g/mol. The Hall–Kier alpha value is -3.78. The van der Waals surface area contributed by atoms with E-state index in [1.807, 2.05) is 24.3 Å². The third kappa shape index (κ3) is 4.12. The van der Waals surface area contributed by atoms with E-state index in [-0.39, 0.29) is 11.4 Å². The first-order chi connectivity index (χ1) is 16.4. The summed E-state index contributed by atoms with van der Waals surface area (Å²) in [6, 6.07) is 15.4. The maximum absolute atomic E-state index is 14.8. The SMILES string of the molecule is CC(C)N1CCN(c2ccc(-c3cc(-c4ccc5c(=O)[nH]cnc5c4)c(N)nc3F)cc2)CC1. The summed E-state index contributed by atoms with van der Waals surface area (Å²) in [4.78, 5) is 27.6. The molecule has 5 rings (SSSR count). The van der Waals surface area contributed by atoms with Crippen LogP contribution in [0, 0.1) is 5.95 Å². The topological polar surface area (TPSA) is 91.1 Å². The van der Waals surface area contributed by atoms with Crippen molar-refractivity contribution in [3.8, 4) is 22.3 Å². The second-order valence-corrected chi connectivity index (χ2v) is 8.89. The van der Waals surface area contributed by atoms with Crippen LogP contribution in [0.15, 0.2) is 59.7 Å². The average Bonchev–Trinajstić information content (AvgIpc) is 2.84. The second-order valence-electron chi connectivity index (χ2n) is 8.89. The summed E-state index contributed by atoms with van der Waals surface area (Å²) in [5.41, 5.74) is 9.94. The van der Waals surface area contributed by atoms with Crippen LogP contribution < -0.4 is 16.2 Å². The molecule has 0 amide bonds. The first-order valence-electron chi connectivity index (χ1n) is 11.4. The molecule has 3 heterocycles. The lowest BCUT2D eigenvalue weighted by Gasteiger charge is -2.38. The highest BCUT2D eigenvalue weighted by molar-refractivity contribution is 5.87. The van der Waals surface area contributed by atoms with Gasteiger partial charge in [0, 0.05) is 49.0 Å². The van der Waals surface area contributed by atoms with E-state index < -0.39 is 5.95 Å². The van der Waals surface area contributed by atoms with E-state index >= 15 is 0 Å². The van der Waals surface area contributed by atoms with E-state index in [1.54, 1.807) is 24.3 Å². The van der Waals surface area contributed by atoms with Gasteiger partial charge in [0.05, 0.1) is 17.2 Å². The Morgan fingerprint density at radius 2 is 1.68 bits per heavy atom. The standard InChI is InChI=1S/C26H27FN6O/c1-16(2)32-9-11-33(12-10-32)19-6-3-17(4-7-19)21-14-22(25(28)31-24(21)27)18-5-8-20-23(13-18)29-15-30-26(20)34/h3-8,13-16H,9-12H2,1-2H3,(H2,28,31)(H,29,30,34). The quantitative estimate of drug-likeness (QED) is 0.451. The molecule has 3 N–H and O–H groups in total. The molecule has 1 fully saturated rings. The summed E-state index contributed by atoms with van der Waals surface area (Å²) in [6.45, 7) is 8.46. The minimum atomic E-state index is -0.616. The summed E-state index contributed by atoms with van der Waals surface area (Å²) < 4.78 is 14.8. The van der Waals surface area contributed by atoms with Gasteiger partial charge in [-0.2, -0.15) is 4.39 Å². The lowest BCUT2D eigenvalue weighted by molar-refractivity contribution is 0.209. The highest BCUT2D eigenvalue weighted by Crippen LogP contribution is 2.33. The molecule has 1 aliphatic rings. The molecule has 0 unspecified atom stereocenters. The van der Waals surface area contributed by atoms with Crippen molar-refractivity contribution < 1.29 is 4.39 Å². The van der Waals surface area contributed by atoms with Crippen molar-refractivity contribution in [2.45, 2.75) is 19.9 Å². The number of H-pyrrole nitrogens is 1. The molecule has 174 valence electrons. The van der Waals surface area contributed by atoms with Gasteiger partial charge in [-0.1, -0.05) is 18.2 Å². The van der Waals surface area contributed by atoms with E-state index in [2.05, 4.69) is 38.6 Å². The second kappa shape index (κ2) is 8.87. The Labute approximate surface area is 197 Å². The number of piperazine rings is 1. The first-order valence-corrected chi connectivity index (χ1v) is 11.4. The zero-order chi connectivity index (χ0) is 23.8. The zero-order valence-electron chi connectivity index (χ0n) is 19.3. The van der Waals surface area contributed by atoms with E-state index in [1.165, 1.54) is 6.33 Å². The molecule has 7 nitrogen and oxygen atoms in total. The third-order valence-corrected chi connectivity index (χ3v) is 6.55. The van der Waals surface area contributed by atoms with Gasteiger partial charge in [-0.25, -0.2) is 9.97 Å². The molecule has 0 spiro atoms. The molecule has 0 radical (unpaired) electrons. The molecule has 2 aromatic carbocycles. The van der Waals surface area contributed by atoms with E-state index in [0.29, 0.717) is 28.1 Å². The monoisotopic (exact) mass is 458 g/mol. The molecular formula is C26H27FN6O. The number of halogens is 1. The largest absolute Gasteiger partial charge is 0.383 e. The summed E-state index contributed by atoms with van der Waals surface area (Å²) >= 11 is 0. The van der Waals surface area contributed by atoms with Crippen LogP contribution in [0.4, 0.5) is 15.9 Å². The maximum atomic E-state index is 14.8. The molecule has 0 bridgehead atoms. The highest BCUT2D eigenvalue weighted by atomic mass is 19.1. The average molecular weight is 459 g/mol. The van der Waals surface area contributed by atoms with Crippen LogP contribution >= 0.6 is 0 Å². The van der Waals surface area contributed by atoms with Gasteiger partial charge in [0.1, 0.15) is 5.82 Å². The lowest BCUT2D eigenvalue weighted by atomic mass is 9.99. The summed E-state index contributed by atoms with van der Waals surface area (Å²) in [5, 5.41) is 0.477. The van der Waals surface area contributed by atoms with E-state index in [0.717, 1.165) is 43.0 Å². The Balaban J connectivity index is 1.45. The molecule has 4 aromatic rings. The predicted molar refractivity (Wildman–Crippen MR) is 134 cm³/mol. The van der Waals surface area contributed by atoms with Gasteiger partial charge in [0.2, 0.25) is 5.95 Å². The fraction of sp³-hybridized carbons (Fsp3) is 0.269. The van der Waals surface area contributed by atoms with Crippen LogP contribution in [0.25, 0.3) is 33.2 Å². The van der Waals surface area contributed by atoms with Crippen LogP contribution in [0.1, 0.15) is 13.8 Å². The molecule has 0 saturated carbocycles. The molecule has 1 saturated heterocycles. The number of nitrogens with two attached hydrogens (primary N) is 1. The van der Waals surface area contributed by atoms with Crippen molar-refractivity contribution in [1.29, 1.82) is 0 Å². The summed E-state index contributed by atoms with van der Waals surface area (Å²) in [6.07, 6.45) is 1.36. The number of hydrogen-bond donors (Lipinski definition) is 2. The van der Waals surface area contributed by atoms with Crippen LogP contribution in [0.3, 0.4) is 0 Å². The number of nitrogens with zero attached hydrogens (tertiary/aromatic N) is 4. The van der Waals surface area contributed by atoms with Gasteiger partial charge >= 0.3 is 0 Å². The fourth-order valence-electron chi connectivity index (χ4n) is 4.52. The van der Waals surface area contributed by atoms with Gasteiger partial charge in [-0.15, -0.1) is 0 Å². The van der Waals surface area contributed by atoms with Crippen molar-refractivity contribution in [2.24, 2.45) is 0 Å². The minimum absolute atomic E-state index is 0.0880. The maximum Gasteiger partial charge on any atom is 0.258 e. The molecule has 0 aliphatic carbocycles. The molecule has 34 heavy (non-hydrogen) atoms. The van der Waals surface area contributed by atoms with Crippen molar-refractivity contribution in [3.63, 3.8) is 0 Å². The van der Waals surface area contributed by atoms with E-state index in [4.69, 9.17) is 5.73 Å². The first kappa shape index (κ1) is 22.0. The van der Waals surface area contributed by atoms with Crippen LogP contribution in [-0.4, -0.2) is 52.1 Å². The van der Waals surface area contributed by atoms with Crippen molar-refractivity contribution in [1.82, 2.24) is 19.9 Å². The van der Waals surface area contributed by atoms with Crippen molar-refractivity contribution in [2.75, 3.05) is 36.8 Å². The minimum Gasteiger partial charge on any atom is -0.383 e. The molecule has 0 atom stereocenters. The zero-order valence-corrected chi connectivity index (χ0v) is 19.3. The number of fused-ring (bicyclic) bond motifs is 1. The predicted octanol–water partition coefficient (Wildman–Crippen LogP) is 3.90. The Morgan fingerprint density at radius 1 is 0.971 bits per heavy atom. The molecule has 1 aliphatic heterocycles. The number of aromatic amines is 1. The number of anilines is 2. The van der Waals surface area contributed by atoms with Gasteiger partial charge < -0.3 is 15.6 Å². The van der Waals surface area contributed by atoms with Crippen LogP contribution in [-0.2, 0) is 0 Å². The molecule has 2 aromatic heterocycles. The number of nitrogens with one attached hydrogen (secondary N) is 1. The van der Waals surface area contributed by atoms with Crippen LogP contribution in [0.5, 0.6) is 0 Å². The Bertz CT molecular complexity index is 1390. The van der Waals surface area contributed by atoms with Gasteiger partial charge in [-0.3, -0.25) is 9.69 Å². The van der Waals surface area contributed by atoms with Gasteiger partial charge in [0.25, 0.3) is 5.56 Å². The number of rotatable bonds is 4. The third-order valence-electron chi connectivity index (χ3n) is 6.55. The number of aromatic nitrogens is 3. The highest BCUT2D eigenvalue weighted by Gasteiger charge is 2.19. The van der Waals surface area contributed by atoms with E-state index in [9.17, 15) is 9.18 Å². The Morgan fingerprint density at radius 3 is 2.38 bits per heavy atom. The number of pyridine rings is 1. The van der Waals surface area contributed by atoms with Crippen LogP contribution in [0.2, 0.25) is 0 Å². The summed E-state index contributed by atoms with van der Waals surface area (Å²) in [5.74, 6) is -0.528. The smallest absolute Gasteiger partial charge is 0.258 e. The van der Waals surface area contributed by atoms with Gasteiger partial charge in [-0.05, 0) is 55.3 Å². The van der Waals surface area contributed by atoms with Crippen molar-refractivity contribution >= 4 is 22.4 Å². The van der Waals surface area contributed by atoms with Gasteiger partial charge in [0.15, 0.2) is 0 Å². The normalized spacial score (nSPS) is 14.8. The fourth-order valence-corrected chi connectivity index (χ4v) is 4.52. The number of nitrogen functional groups attached to an aromatic ring is 1. The lowest BCUT2D eigenvalue weighted by Crippen LogP contribution is -2.48. The van der Waals surface area contributed by atoms with Crippen molar-refractivity contribution in [3.05, 3.63) is 71.2 Å². The summed E-state index contributed by atoms with van der Waals surface area (Å²) in [7, 11) is 0.